The summed E-state index contributed by atoms with van der Waals surface area (Å²) >= 11 is 9.54. The molecule has 0 saturated heterocycles. The summed E-state index contributed by atoms with van der Waals surface area (Å²) in [6.07, 6.45) is 3.64. The monoisotopic (exact) mass is 303 g/mol. The summed E-state index contributed by atoms with van der Waals surface area (Å²) in [7, 11) is 0. The van der Waals surface area contributed by atoms with E-state index in [4.69, 9.17) is 11.6 Å². The first-order valence-corrected chi connectivity index (χ1v) is 7.04. The first-order valence-electron chi connectivity index (χ1n) is 5.87. The fourth-order valence-corrected chi connectivity index (χ4v) is 2.77. The van der Waals surface area contributed by atoms with Gasteiger partial charge >= 0.3 is 0 Å². The van der Waals surface area contributed by atoms with Crippen molar-refractivity contribution in [1.82, 2.24) is 5.32 Å². The van der Waals surface area contributed by atoms with E-state index in [0.29, 0.717) is 6.04 Å². The van der Waals surface area contributed by atoms with Gasteiger partial charge in [-0.1, -0.05) is 60.3 Å². The Morgan fingerprint density at radius 1 is 1.38 bits per heavy atom. The zero-order valence-corrected chi connectivity index (χ0v) is 12.2. The van der Waals surface area contributed by atoms with Crippen LogP contribution >= 0.6 is 27.5 Å². The number of halogens is 2. The normalized spacial score (nSPS) is 12.8. The number of benzene rings is 1. The molecule has 0 aliphatic rings. The molecule has 90 valence electrons. The van der Waals surface area contributed by atoms with Crippen LogP contribution in [-0.2, 0) is 0 Å². The summed E-state index contributed by atoms with van der Waals surface area (Å²) in [4.78, 5) is 0. The molecule has 1 nitrogen and oxygen atoms in total. The maximum absolute atomic E-state index is 5.95. The molecule has 0 amide bonds. The molecule has 1 atom stereocenters. The molecule has 1 N–H and O–H groups in total. The highest BCUT2D eigenvalue weighted by Crippen LogP contribution is 2.29. The Kier molecular flexibility index (Phi) is 6.40. The molecule has 0 aliphatic carbocycles. The summed E-state index contributed by atoms with van der Waals surface area (Å²) in [6.45, 7) is 5.35. The molecule has 0 aliphatic heterocycles. The van der Waals surface area contributed by atoms with Gasteiger partial charge in [-0.25, -0.2) is 0 Å². The van der Waals surface area contributed by atoms with Crippen LogP contribution in [0.4, 0.5) is 0 Å². The molecular formula is C13H19BrClN. The van der Waals surface area contributed by atoms with Crippen LogP contribution < -0.4 is 5.32 Å². The van der Waals surface area contributed by atoms with Crippen molar-refractivity contribution >= 4 is 27.5 Å². The Bertz CT molecular complexity index is 328. The Labute approximate surface area is 112 Å². The van der Waals surface area contributed by atoms with Crippen LogP contribution in [0.1, 0.15) is 44.7 Å². The molecule has 0 heterocycles. The Balaban J connectivity index is 2.82. The second kappa shape index (κ2) is 7.31. The van der Waals surface area contributed by atoms with Crippen molar-refractivity contribution in [2.45, 2.75) is 39.2 Å². The van der Waals surface area contributed by atoms with E-state index in [0.717, 1.165) is 16.0 Å². The highest BCUT2D eigenvalue weighted by Gasteiger charge is 2.12. The molecule has 3 heteroatoms. The second-order valence-electron chi connectivity index (χ2n) is 3.92. The number of hydrogen-bond donors (Lipinski definition) is 1. The van der Waals surface area contributed by atoms with E-state index >= 15 is 0 Å². The van der Waals surface area contributed by atoms with Gasteiger partial charge in [0.2, 0.25) is 0 Å². The molecule has 1 aromatic rings. The van der Waals surface area contributed by atoms with Crippen molar-refractivity contribution in [2.24, 2.45) is 0 Å². The quantitative estimate of drug-likeness (QED) is 0.784. The van der Waals surface area contributed by atoms with Gasteiger partial charge in [-0.3, -0.25) is 0 Å². The van der Waals surface area contributed by atoms with Crippen LogP contribution in [0.5, 0.6) is 0 Å². The van der Waals surface area contributed by atoms with Crippen molar-refractivity contribution in [3.8, 4) is 0 Å². The highest BCUT2D eigenvalue weighted by molar-refractivity contribution is 9.10. The van der Waals surface area contributed by atoms with E-state index in [2.05, 4.69) is 41.2 Å². The van der Waals surface area contributed by atoms with Gasteiger partial charge in [0.15, 0.2) is 0 Å². The fourth-order valence-electron chi connectivity index (χ4n) is 1.81. The maximum atomic E-state index is 5.95. The Hall–Kier alpha value is -0.0500. The van der Waals surface area contributed by atoms with Gasteiger partial charge in [0.1, 0.15) is 0 Å². The molecule has 1 unspecified atom stereocenters. The van der Waals surface area contributed by atoms with E-state index in [1.807, 2.05) is 12.1 Å². The molecule has 0 fully saturated rings. The van der Waals surface area contributed by atoms with Gasteiger partial charge in [0.05, 0.1) is 0 Å². The molecular weight excluding hydrogens is 286 g/mol. The van der Waals surface area contributed by atoms with Crippen molar-refractivity contribution < 1.29 is 0 Å². The predicted octanol–water partition coefficient (Wildman–Crippen LogP) is 4.94. The number of nitrogens with one attached hydrogen (secondary N) is 1. The van der Waals surface area contributed by atoms with E-state index in [-0.39, 0.29) is 0 Å². The summed E-state index contributed by atoms with van der Waals surface area (Å²) in [5, 5.41) is 4.30. The molecule has 0 bridgehead atoms. The third-order valence-electron chi connectivity index (χ3n) is 2.63. The minimum absolute atomic E-state index is 0.427. The first-order chi connectivity index (χ1) is 7.69. The lowest BCUT2D eigenvalue weighted by atomic mass is 10.0. The summed E-state index contributed by atoms with van der Waals surface area (Å²) in [6, 6.07) is 6.46. The van der Waals surface area contributed by atoms with E-state index in [1.54, 1.807) is 0 Å². The lowest BCUT2D eigenvalue weighted by Crippen LogP contribution is -2.21. The predicted molar refractivity (Wildman–Crippen MR) is 75.1 cm³/mol. The summed E-state index contributed by atoms with van der Waals surface area (Å²) in [5.41, 5.74) is 1.31. The van der Waals surface area contributed by atoms with Gasteiger partial charge in [0.25, 0.3) is 0 Å². The zero-order chi connectivity index (χ0) is 12.0. The largest absolute Gasteiger partial charge is 0.310 e. The van der Waals surface area contributed by atoms with Crippen LogP contribution in [0.15, 0.2) is 22.7 Å². The van der Waals surface area contributed by atoms with Crippen LogP contribution in [0.25, 0.3) is 0 Å². The maximum Gasteiger partial charge on any atom is 0.0417 e. The molecule has 16 heavy (non-hydrogen) atoms. The summed E-state index contributed by atoms with van der Waals surface area (Å²) < 4.78 is 1.10. The van der Waals surface area contributed by atoms with E-state index in [9.17, 15) is 0 Å². The third kappa shape index (κ3) is 4.08. The first kappa shape index (κ1) is 14.0. The van der Waals surface area contributed by atoms with Crippen molar-refractivity contribution in [2.75, 3.05) is 6.54 Å². The smallest absolute Gasteiger partial charge is 0.0417 e. The van der Waals surface area contributed by atoms with Crippen LogP contribution in [-0.4, -0.2) is 6.54 Å². The highest BCUT2D eigenvalue weighted by atomic mass is 79.9. The van der Waals surface area contributed by atoms with Gasteiger partial charge in [0, 0.05) is 15.5 Å². The van der Waals surface area contributed by atoms with Crippen LogP contribution in [0.3, 0.4) is 0 Å². The SMILES string of the molecule is CCCCC(NCC)c1ccc(Cl)cc1Br. The van der Waals surface area contributed by atoms with Crippen molar-refractivity contribution in [3.05, 3.63) is 33.3 Å². The minimum atomic E-state index is 0.427. The third-order valence-corrected chi connectivity index (χ3v) is 3.56. The summed E-state index contributed by atoms with van der Waals surface area (Å²) in [5.74, 6) is 0. The van der Waals surface area contributed by atoms with E-state index in [1.165, 1.54) is 24.8 Å². The van der Waals surface area contributed by atoms with Crippen molar-refractivity contribution in [1.29, 1.82) is 0 Å². The van der Waals surface area contributed by atoms with Gasteiger partial charge in [-0.2, -0.15) is 0 Å². The molecule has 0 spiro atoms. The molecule has 0 aromatic heterocycles. The lowest BCUT2D eigenvalue weighted by Gasteiger charge is -2.19. The molecule has 0 saturated carbocycles. The lowest BCUT2D eigenvalue weighted by molar-refractivity contribution is 0.493. The molecule has 0 radical (unpaired) electrons. The zero-order valence-electron chi connectivity index (χ0n) is 9.89. The topological polar surface area (TPSA) is 12.0 Å². The molecule has 1 rings (SSSR count). The minimum Gasteiger partial charge on any atom is -0.310 e. The van der Waals surface area contributed by atoms with Gasteiger partial charge in [-0.15, -0.1) is 0 Å². The number of unbranched alkanes of at least 4 members (excludes halogenated alkanes) is 1. The standard InChI is InChI=1S/C13H19BrClN/c1-3-5-6-13(16-4-2)11-8-7-10(15)9-12(11)14/h7-9,13,16H,3-6H2,1-2H3. The average molecular weight is 305 g/mol. The van der Waals surface area contributed by atoms with Gasteiger partial charge in [-0.05, 0) is 30.7 Å². The van der Waals surface area contributed by atoms with Crippen LogP contribution in [0.2, 0.25) is 5.02 Å². The number of hydrogen-bond acceptors (Lipinski definition) is 1. The van der Waals surface area contributed by atoms with Gasteiger partial charge < -0.3 is 5.32 Å². The Morgan fingerprint density at radius 2 is 2.12 bits per heavy atom. The van der Waals surface area contributed by atoms with Crippen molar-refractivity contribution in [3.63, 3.8) is 0 Å². The van der Waals surface area contributed by atoms with Crippen LogP contribution in [0, 0.1) is 0 Å². The second-order valence-corrected chi connectivity index (χ2v) is 5.21. The Morgan fingerprint density at radius 3 is 2.69 bits per heavy atom. The fraction of sp³-hybridized carbons (Fsp3) is 0.538. The average Bonchev–Trinajstić information content (AvgIpc) is 2.25. The number of rotatable bonds is 6. The molecule has 1 aromatic carbocycles. The van der Waals surface area contributed by atoms with E-state index < -0.39 is 0 Å².